The van der Waals surface area contributed by atoms with Gasteiger partial charge in [0.2, 0.25) is 5.91 Å². The molecule has 0 radical (unpaired) electrons. The Bertz CT molecular complexity index is 640. The van der Waals surface area contributed by atoms with Crippen LogP contribution in [0.15, 0.2) is 24.3 Å². The van der Waals surface area contributed by atoms with Crippen LogP contribution < -0.4 is 5.32 Å². The van der Waals surface area contributed by atoms with Gasteiger partial charge in [-0.1, -0.05) is 38.5 Å². The summed E-state index contributed by atoms with van der Waals surface area (Å²) in [6.07, 6.45) is 0.848. The monoisotopic (exact) mass is 344 g/mol. The predicted molar refractivity (Wildman–Crippen MR) is 98.3 cm³/mol. The first-order valence-electron chi connectivity index (χ1n) is 9.14. The maximum absolute atomic E-state index is 13.3. The second kappa shape index (κ2) is 7.44. The molecule has 1 N–H and O–H groups in total. The highest BCUT2D eigenvalue weighted by molar-refractivity contribution is 5.98. The van der Waals surface area contributed by atoms with Gasteiger partial charge in [-0.2, -0.15) is 0 Å². The molecule has 1 saturated heterocycles. The van der Waals surface area contributed by atoms with Gasteiger partial charge in [0, 0.05) is 31.9 Å². The van der Waals surface area contributed by atoms with Crippen molar-refractivity contribution >= 4 is 17.6 Å². The first-order chi connectivity index (χ1) is 12.0. The maximum Gasteiger partial charge on any atom is 0.321 e. The minimum absolute atomic E-state index is 0.0229. The fourth-order valence-corrected chi connectivity index (χ4v) is 3.57. The molecule has 0 bridgehead atoms. The van der Waals surface area contributed by atoms with Crippen LogP contribution in [-0.4, -0.2) is 65.9 Å². The highest BCUT2D eigenvalue weighted by Crippen LogP contribution is 2.28. The molecular weight excluding hydrogens is 316 g/mol. The number of para-hydroxylation sites is 1. The van der Waals surface area contributed by atoms with E-state index in [1.165, 1.54) is 0 Å². The lowest BCUT2D eigenvalue weighted by molar-refractivity contribution is -0.122. The minimum Gasteiger partial charge on any atom is -0.324 e. The summed E-state index contributed by atoms with van der Waals surface area (Å²) < 4.78 is 0. The van der Waals surface area contributed by atoms with Crippen molar-refractivity contribution in [2.75, 3.05) is 38.5 Å². The molecule has 1 fully saturated rings. The maximum atomic E-state index is 13.3. The quantitative estimate of drug-likeness (QED) is 0.895. The van der Waals surface area contributed by atoms with E-state index in [9.17, 15) is 9.59 Å². The first kappa shape index (κ1) is 17.7. The lowest BCUT2D eigenvalue weighted by Crippen LogP contribution is -2.56. The SMILES string of the molecule is CCC(C)C1C(=O)Nc2ccccc2CN1C(=O)N1CCN(C)CC1. The molecule has 2 unspecified atom stereocenters. The van der Waals surface area contributed by atoms with Crippen molar-refractivity contribution in [2.45, 2.75) is 32.9 Å². The number of hydrogen-bond acceptors (Lipinski definition) is 3. The van der Waals surface area contributed by atoms with Gasteiger partial charge in [0.15, 0.2) is 0 Å². The molecule has 2 atom stereocenters. The van der Waals surface area contributed by atoms with Crippen LogP contribution in [0.4, 0.5) is 10.5 Å². The van der Waals surface area contributed by atoms with Crippen molar-refractivity contribution in [2.24, 2.45) is 5.92 Å². The van der Waals surface area contributed by atoms with Crippen molar-refractivity contribution < 1.29 is 9.59 Å². The third kappa shape index (κ3) is 3.63. The Morgan fingerprint density at radius 3 is 2.60 bits per heavy atom. The third-order valence-corrected chi connectivity index (χ3v) is 5.42. The number of urea groups is 1. The van der Waals surface area contributed by atoms with E-state index < -0.39 is 6.04 Å². The van der Waals surface area contributed by atoms with Crippen molar-refractivity contribution in [1.82, 2.24) is 14.7 Å². The zero-order valence-corrected chi connectivity index (χ0v) is 15.4. The summed E-state index contributed by atoms with van der Waals surface area (Å²) in [7, 11) is 2.07. The van der Waals surface area contributed by atoms with Gasteiger partial charge < -0.3 is 20.0 Å². The molecule has 0 aromatic heterocycles. The molecule has 1 aromatic rings. The molecule has 6 heteroatoms. The Morgan fingerprint density at radius 2 is 1.92 bits per heavy atom. The summed E-state index contributed by atoms with van der Waals surface area (Å²) in [5.41, 5.74) is 1.80. The first-order valence-corrected chi connectivity index (χ1v) is 9.14. The van der Waals surface area contributed by atoms with Crippen molar-refractivity contribution in [3.8, 4) is 0 Å². The Hall–Kier alpha value is -2.08. The van der Waals surface area contributed by atoms with Gasteiger partial charge in [0.1, 0.15) is 6.04 Å². The largest absolute Gasteiger partial charge is 0.324 e. The number of anilines is 1. The van der Waals surface area contributed by atoms with Gasteiger partial charge in [-0.3, -0.25) is 4.79 Å². The van der Waals surface area contributed by atoms with Crippen LogP contribution in [0, 0.1) is 5.92 Å². The standard InChI is InChI=1S/C19H28N4O2/c1-4-14(2)17-18(24)20-16-8-6-5-7-15(16)13-23(17)19(25)22-11-9-21(3)10-12-22/h5-8,14,17H,4,9-13H2,1-3H3,(H,20,24). The van der Waals surface area contributed by atoms with Gasteiger partial charge >= 0.3 is 6.03 Å². The molecule has 0 spiro atoms. The highest BCUT2D eigenvalue weighted by atomic mass is 16.2. The molecule has 2 aliphatic rings. The second-order valence-electron chi connectivity index (χ2n) is 7.18. The third-order valence-electron chi connectivity index (χ3n) is 5.42. The molecule has 136 valence electrons. The number of likely N-dealkylation sites (N-methyl/N-ethyl adjacent to an activating group) is 1. The zero-order chi connectivity index (χ0) is 18.0. The summed E-state index contributed by atoms with van der Waals surface area (Å²) >= 11 is 0. The van der Waals surface area contributed by atoms with Crippen LogP contribution >= 0.6 is 0 Å². The van der Waals surface area contributed by atoms with E-state index in [1.807, 2.05) is 36.1 Å². The number of carbonyl (C=O) groups is 2. The zero-order valence-electron chi connectivity index (χ0n) is 15.4. The highest BCUT2D eigenvalue weighted by Gasteiger charge is 2.38. The minimum atomic E-state index is -0.440. The molecule has 25 heavy (non-hydrogen) atoms. The Morgan fingerprint density at radius 1 is 1.24 bits per heavy atom. The predicted octanol–water partition coefficient (Wildman–Crippen LogP) is 2.22. The average molecular weight is 344 g/mol. The summed E-state index contributed by atoms with van der Waals surface area (Å²) in [6, 6.07) is 7.29. The van der Waals surface area contributed by atoms with Gasteiger partial charge in [0.25, 0.3) is 0 Å². The lowest BCUT2D eigenvalue weighted by Gasteiger charge is -2.39. The molecule has 3 rings (SSSR count). The van der Waals surface area contributed by atoms with Gasteiger partial charge in [-0.25, -0.2) is 4.79 Å². The number of nitrogens with one attached hydrogen (secondary N) is 1. The van der Waals surface area contributed by atoms with Crippen LogP contribution in [0.2, 0.25) is 0 Å². The molecule has 0 saturated carbocycles. The van der Waals surface area contributed by atoms with Crippen LogP contribution in [0.5, 0.6) is 0 Å². The molecule has 3 amide bonds. The normalized spacial score (nSPS) is 22.8. The number of carbonyl (C=O) groups excluding carboxylic acids is 2. The number of amides is 3. The molecule has 2 heterocycles. The number of rotatable bonds is 2. The van der Waals surface area contributed by atoms with E-state index in [2.05, 4.69) is 24.2 Å². The van der Waals surface area contributed by atoms with Crippen LogP contribution in [0.1, 0.15) is 25.8 Å². The molecular formula is C19H28N4O2. The number of fused-ring (bicyclic) bond motifs is 1. The van der Waals surface area contributed by atoms with E-state index in [1.54, 1.807) is 4.90 Å². The van der Waals surface area contributed by atoms with Crippen LogP contribution in [-0.2, 0) is 11.3 Å². The van der Waals surface area contributed by atoms with E-state index in [-0.39, 0.29) is 17.9 Å². The van der Waals surface area contributed by atoms with Gasteiger partial charge in [-0.15, -0.1) is 0 Å². The lowest BCUT2D eigenvalue weighted by atomic mass is 9.97. The number of piperazine rings is 1. The van der Waals surface area contributed by atoms with Crippen LogP contribution in [0.3, 0.4) is 0 Å². The summed E-state index contributed by atoms with van der Waals surface area (Å²) in [6.45, 7) is 7.74. The van der Waals surface area contributed by atoms with Crippen molar-refractivity contribution in [3.63, 3.8) is 0 Å². The average Bonchev–Trinajstić information content (AvgIpc) is 2.76. The molecule has 2 aliphatic heterocycles. The van der Waals surface area contributed by atoms with E-state index in [0.29, 0.717) is 19.6 Å². The van der Waals surface area contributed by atoms with Gasteiger partial charge in [-0.05, 0) is 24.6 Å². The fourth-order valence-electron chi connectivity index (χ4n) is 3.57. The number of nitrogens with zero attached hydrogens (tertiary/aromatic N) is 3. The smallest absolute Gasteiger partial charge is 0.321 e. The molecule has 0 aliphatic carbocycles. The second-order valence-corrected chi connectivity index (χ2v) is 7.18. The fraction of sp³-hybridized carbons (Fsp3) is 0.579. The summed E-state index contributed by atoms with van der Waals surface area (Å²) in [4.78, 5) is 32.0. The molecule has 1 aromatic carbocycles. The van der Waals surface area contributed by atoms with E-state index in [4.69, 9.17) is 0 Å². The summed E-state index contributed by atoms with van der Waals surface area (Å²) in [5, 5.41) is 3.02. The Balaban J connectivity index is 1.91. The van der Waals surface area contributed by atoms with E-state index in [0.717, 1.165) is 30.8 Å². The number of hydrogen-bond donors (Lipinski definition) is 1. The topological polar surface area (TPSA) is 55.9 Å². The summed E-state index contributed by atoms with van der Waals surface area (Å²) in [5.74, 6) is 0.0208. The molecule has 6 nitrogen and oxygen atoms in total. The number of benzene rings is 1. The Kier molecular flexibility index (Phi) is 5.27. The van der Waals surface area contributed by atoms with E-state index >= 15 is 0 Å². The van der Waals surface area contributed by atoms with Crippen molar-refractivity contribution in [3.05, 3.63) is 29.8 Å². The van der Waals surface area contributed by atoms with Crippen molar-refractivity contribution in [1.29, 1.82) is 0 Å². The Labute approximate surface area is 149 Å². The van der Waals surface area contributed by atoms with Crippen LogP contribution in [0.25, 0.3) is 0 Å². The van der Waals surface area contributed by atoms with Gasteiger partial charge in [0.05, 0.1) is 6.54 Å².